The highest BCUT2D eigenvalue weighted by Crippen LogP contribution is 2.32. The quantitative estimate of drug-likeness (QED) is 0.191. The second-order valence-corrected chi connectivity index (χ2v) is 9.43. The van der Waals surface area contributed by atoms with E-state index >= 15 is 0 Å². The Kier molecular flexibility index (Phi) is 10.5. The molecule has 216 valence electrons. The molecule has 1 unspecified atom stereocenters. The van der Waals surface area contributed by atoms with Crippen LogP contribution in [0.15, 0.2) is 115 Å². The third-order valence-corrected chi connectivity index (χ3v) is 6.54. The molecule has 0 bridgehead atoms. The molecule has 0 heterocycles. The number of benzene rings is 5. The van der Waals surface area contributed by atoms with Gasteiger partial charge in [0.15, 0.2) is 0 Å². The predicted octanol–water partition coefficient (Wildman–Crippen LogP) is 7.63. The number of phenols is 1. The van der Waals surface area contributed by atoms with Gasteiger partial charge in [-0.1, -0.05) is 60.7 Å². The van der Waals surface area contributed by atoms with E-state index in [0.29, 0.717) is 41.2 Å². The Morgan fingerprint density at radius 2 is 1.26 bits per heavy atom. The highest BCUT2D eigenvalue weighted by Gasteiger charge is 2.17. The second-order valence-electron chi connectivity index (χ2n) is 9.43. The Balaban J connectivity index is 0.000000208. The predicted molar refractivity (Wildman–Crippen MR) is 158 cm³/mol. The van der Waals surface area contributed by atoms with Crippen LogP contribution in [-0.4, -0.2) is 24.4 Å². The molecular weight excluding hydrogens is 538 g/mol. The number of ether oxygens (including phenoxy) is 3. The molecule has 5 rings (SSSR count). The molecular formula is C35H32F2O5. The van der Waals surface area contributed by atoms with E-state index in [1.54, 1.807) is 50.6 Å². The molecule has 5 nitrogen and oxygen atoms in total. The standard InChI is InChI=1S/C21H19FO3.C14H13FO2/c1-24-18-10-7-16(8-11-18)21(23)19-12-9-17(22)13-20(19)25-14-15-5-3-2-4-6-15;1-17-13-6-2-10(3-7-13)8-11-4-5-12(15)9-14(11)16/h2-13,21,23H,14H2,1H3;2-7,9,16H,8H2,1H3. The number of aromatic hydroxyl groups is 1. The van der Waals surface area contributed by atoms with E-state index in [9.17, 15) is 19.0 Å². The second kappa shape index (κ2) is 14.7. The van der Waals surface area contributed by atoms with E-state index in [0.717, 1.165) is 22.9 Å². The minimum atomic E-state index is -0.919. The van der Waals surface area contributed by atoms with E-state index in [1.807, 2.05) is 54.6 Å². The van der Waals surface area contributed by atoms with Crippen LogP contribution in [0.5, 0.6) is 23.0 Å². The third-order valence-electron chi connectivity index (χ3n) is 6.54. The van der Waals surface area contributed by atoms with Gasteiger partial charge in [0.1, 0.15) is 47.3 Å². The molecule has 0 aliphatic heterocycles. The zero-order valence-electron chi connectivity index (χ0n) is 23.3. The summed E-state index contributed by atoms with van der Waals surface area (Å²) in [6, 6.07) is 32.5. The summed E-state index contributed by atoms with van der Waals surface area (Å²) in [5.74, 6) is 0.968. The van der Waals surface area contributed by atoms with Crippen molar-refractivity contribution in [2.45, 2.75) is 19.1 Å². The van der Waals surface area contributed by atoms with Crippen molar-refractivity contribution in [2.24, 2.45) is 0 Å². The average molecular weight is 571 g/mol. The maximum Gasteiger partial charge on any atom is 0.128 e. The summed E-state index contributed by atoms with van der Waals surface area (Å²) in [5, 5.41) is 20.3. The summed E-state index contributed by atoms with van der Waals surface area (Å²) >= 11 is 0. The molecule has 0 saturated carbocycles. The van der Waals surface area contributed by atoms with Crippen molar-refractivity contribution in [3.63, 3.8) is 0 Å². The number of hydrogen-bond donors (Lipinski definition) is 2. The SMILES string of the molecule is COc1ccc(C(O)c2ccc(F)cc2OCc2ccccc2)cc1.COc1ccc(Cc2ccc(F)cc2O)cc1. The van der Waals surface area contributed by atoms with Crippen LogP contribution < -0.4 is 14.2 Å². The van der Waals surface area contributed by atoms with E-state index in [1.165, 1.54) is 18.2 Å². The molecule has 0 radical (unpaired) electrons. The smallest absolute Gasteiger partial charge is 0.128 e. The number of rotatable bonds is 9. The molecule has 5 aromatic carbocycles. The Bertz CT molecular complexity index is 1560. The lowest BCUT2D eigenvalue weighted by Gasteiger charge is -2.17. The van der Waals surface area contributed by atoms with Crippen molar-refractivity contribution in [2.75, 3.05) is 14.2 Å². The topological polar surface area (TPSA) is 68.2 Å². The number of aliphatic hydroxyl groups excluding tert-OH is 1. The summed E-state index contributed by atoms with van der Waals surface area (Å²) in [7, 11) is 3.20. The fourth-order valence-electron chi connectivity index (χ4n) is 4.21. The molecule has 2 N–H and O–H groups in total. The van der Waals surface area contributed by atoms with Crippen LogP contribution in [0.3, 0.4) is 0 Å². The van der Waals surface area contributed by atoms with Crippen molar-refractivity contribution in [1.29, 1.82) is 0 Å². The van der Waals surface area contributed by atoms with Crippen LogP contribution in [0, 0.1) is 11.6 Å². The number of methoxy groups -OCH3 is 2. The van der Waals surface area contributed by atoms with Crippen molar-refractivity contribution >= 4 is 0 Å². The molecule has 0 spiro atoms. The molecule has 0 aliphatic carbocycles. The van der Waals surface area contributed by atoms with Crippen molar-refractivity contribution in [3.05, 3.63) is 155 Å². The highest BCUT2D eigenvalue weighted by molar-refractivity contribution is 5.42. The van der Waals surface area contributed by atoms with Crippen LogP contribution >= 0.6 is 0 Å². The molecule has 0 amide bonds. The van der Waals surface area contributed by atoms with Gasteiger partial charge in [-0.3, -0.25) is 0 Å². The summed E-state index contributed by atoms with van der Waals surface area (Å²) in [6.07, 6.45) is -0.354. The normalized spacial score (nSPS) is 11.2. The third kappa shape index (κ3) is 8.32. The Morgan fingerprint density at radius 3 is 1.88 bits per heavy atom. The van der Waals surface area contributed by atoms with Gasteiger partial charge in [-0.05, 0) is 64.7 Å². The van der Waals surface area contributed by atoms with Gasteiger partial charge in [-0.25, -0.2) is 8.78 Å². The lowest BCUT2D eigenvalue weighted by Crippen LogP contribution is -2.05. The molecule has 0 aromatic heterocycles. The van der Waals surface area contributed by atoms with E-state index in [4.69, 9.17) is 14.2 Å². The van der Waals surface area contributed by atoms with Crippen LogP contribution in [0.1, 0.15) is 33.9 Å². The summed E-state index contributed by atoms with van der Waals surface area (Å²) in [6.45, 7) is 0.298. The van der Waals surface area contributed by atoms with Crippen LogP contribution in [0.4, 0.5) is 8.78 Å². The molecule has 7 heteroatoms. The van der Waals surface area contributed by atoms with Gasteiger partial charge in [0, 0.05) is 24.1 Å². The number of hydrogen-bond acceptors (Lipinski definition) is 5. The van der Waals surface area contributed by atoms with Crippen molar-refractivity contribution < 1.29 is 33.2 Å². The van der Waals surface area contributed by atoms with Crippen LogP contribution in [-0.2, 0) is 13.0 Å². The average Bonchev–Trinajstić information content (AvgIpc) is 3.02. The molecule has 5 aromatic rings. The first kappa shape index (κ1) is 30.1. The lowest BCUT2D eigenvalue weighted by atomic mass is 10.0. The minimum absolute atomic E-state index is 0.0131. The van der Waals surface area contributed by atoms with Crippen LogP contribution in [0.2, 0.25) is 0 Å². The number of aliphatic hydroxyl groups is 1. The van der Waals surface area contributed by atoms with Gasteiger partial charge in [0.05, 0.1) is 14.2 Å². The number of phenolic OH excluding ortho intramolecular Hbond substituents is 1. The van der Waals surface area contributed by atoms with Crippen LogP contribution in [0.25, 0.3) is 0 Å². The first-order valence-corrected chi connectivity index (χ1v) is 13.2. The van der Waals surface area contributed by atoms with Gasteiger partial charge in [0.2, 0.25) is 0 Å². The van der Waals surface area contributed by atoms with Gasteiger partial charge < -0.3 is 24.4 Å². The fourth-order valence-corrected chi connectivity index (χ4v) is 4.21. The van der Waals surface area contributed by atoms with Crippen molar-refractivity contribution in [3.8, 4) is 23.0 Å². The number of halogens is 2. The summed E-state index contributed by atoms with van der Waals surface area (Å²) < 4.78 is 42.4. The Morgan fingerprint density at radius 1 is 0.667 bits per heavy atom. The summed E-state index contributed by atoms with van der Waals surface area (Å²) in [5.41, 5.74) is 3.90. The molecule has 42 heavy (non-hydrogen) atoms. The molecule has 0 aliphatic rings. The fraction of sp³-hybridized carbons (Fsp3) is 0.143. The first-order valence-electron chi connectivity index (χ1n) is 13.2. The van der Waals surface area contributed by atoms with Gasteiger partial charge in [0.25, 0.3) is 0 Å². The van der Waals surface area contributed by atoms with Crippen molar-refractivity contribution in [1.82, 2.24) is 0 Å². The Hall–Kier alpha value is -4.88. The zero-order chi connectivity index (χ0) is 29.9. The largest absolute Gasteiger partial charge is 0.508 e. The van der Waals surface area contributed by atoms with Gasteiger partial charge in [-0.2, -0.15) is 0 Å². The molecule has 1 atom stereocenters. The molecule has 0 fully saturated rings. The maximum atomic E-state index is 13.7. The first-order chi connectivity index (χ1) is 20.4. The van der Waals surface area contributed by atoms with Gasteiger partial charge >= 0.3 is 0 Å². The van der Waals surface area contributed by atoms with E-state index < -0.39 is 17.7 Å². The molecule has 0 saturated heterocycles. The zero-order valence-corrected chi connectivity index (χ0v) is 23.3. The minimum Gasteiger partial charge on any atom is -0.508 e. The Labute approximate surface area is 244 Å². The lowest BCUT2D eigenvalue weighted by molar-refractivity contribution is 0.208. The van der Waals surface area contributed by atoms with E-state index in [-0.39, 0.29) is 5.75 Å². The monoisotopic (exact) mass is 570 g/mol. The van der Waals surface area contributed by atoms with Gasteiger partial charge in [-0.15, -0.1) is 0 Å². The summed E-state index contributed by atoms with van der Waals surface area (Å²) in [4.78, 5) is 0. The highest BCUT2D eigenvalue weighted by atomic mass is 19.1. The maximum absolute atomic E-state index is 13.7. The van der Waals surface area contributed by atoms with E-state index in [2.05, 4.69) is 0 Å².